The second-order valence-electron chi connectivity index (χ2n) is 5.26. The average molecular weight is 376 g/mol. The second kappa shape index (κ2) is 8.88. The van der Waals surface area contributed by atoms with Crippen molar-refractivity contribution in [1.82, 2.24) is 0 Å². The SMILES string of the molecule is COc1ccc(NC(=N)c2ccc(OC)c(OC)c2OC)c(OC)c1OC. The average Bonchev–Trinajstić information content (AvgIpc) is 2.71. The summed E-state index contributed by atoms with van der Waals surface area (Å²) in [5.41, 5.74) is 1.03. The van der Waals surface area contributed by atoms with Gasteiger partial charge < -0.3 is 33.7 Å². The number of nitrogens with one attached hydrogen (secondary N) is 2. The van der Waals surface area contributed by atoms with Gasteiger partial charge >= 0.3 is 0 Å². The summed E-state index contributed by atoms with van der Waals surface area (Å²) < 4.78 is 32.2. The first-order valence-corrected chi connectivity index (χ1v) is 8.00. The van der Waals surface area contributed by atoms with Crippen molar-refractivity contribution in [2.75, 3.05) is 48.0 Å². The van der Waals surface area contributed by atoms with E-state index < -0.39 is 0 Å². The Morgan fingerprint density at radius 2 is 1.11 bits per heavy atom. The molecule has 27 heavy (non-hydrogen) atoms. The van der Waals surface area contributed by atoms with E-state index in [1.807, 2.05) is 0 Å². The van der Waals surface area contributed by atoms with E-state index in [1.54, 1.807) is 31.4 Å². The van der Waals surface area contributed by atoms with E-state index in [2.05, 4.69) is 5.32 Å². The first kappa shape index (κ1) is 20.0. The minimum atomic E-state index is 0.0818. The quantitative estimate of drug-likeness (QED) is 0.540. The molecular formula is C19H24N2O6. The van der Waals surface area contributed by atoms with Crippen molar-refractivity contribution in [2.24, 2.45) is 0 Å². The zero-order chi connectivity index (χ0) is 20.0. The van der Waals surface area contributed by atoms with Crippen LogP contribution in [0.25, 0.3) is 0 Å². The molecule has 2 aromatic carbocycles. The van der Waals surface area contributed by atoms with Crippen LogP contribution in [0.2, 0.25) is 0 Å². The van der Waals surface area contributed by atoms with Crippen LogP contribution in [0.3, 0.4) is 0 Å². The number of amidine groups is 1. The normalized spacial score (nSPS) is 10.0. The van der Waals surface area contributed by atoms with Gasteiger partial charge in [0.2, 0.25) is 11.5 Å². The van der Waals surface area contributed by atoms with Crippen molar-refractivity contribution in [3.8, 4) is 34.5 Å². The molecule has 2 rings (SSSR count). The summed E-state index contributed by atoms with van der Waals surface area (Å²) in [6.07, 6.45) is 0. The Kier molecular flexibility index (Phi) is 6.59. The lowest BCUT2D eigenvalue weighted by Gasteiger charge is -2.19. The van der Waals surface area contributed by atoms with Gasteiger partial charge in [-0.1, -0.05) is 0 Å². The van der Waals surface area contributed by atoms with Crippen molar-refractivity contribution in [3.63, 3.8) is 0 Å². The van der Waals surface area contributed by atoms with Crippen molar-refractivity contribution < 1.29 is 28.4 Å². The molecule has 0 saturated heterocycles. The van der Waals surface area contributed by atoms with Crippen LogP contribution in [0.4, 0.5) is 5.69 Å². The van der Waals surface area contributed by atoms with E-state index in [1.165, 1.54) is 35.5 Å². The first-order chi connectivity index (χ1) is 13.1. The van der Waals surface area contributed by atoms with Gasteiger partial charge in [-0.15, -0.1) is 0 Å². The van der Waals surface area contributed by atoms with Crippen LogP contribution < -0.4 is 33.7 Å². The third-order valence-corrected chi connectivity index (χ3v) is 3.94. The molecule has 2 N–H and O–H groups in total. The Morgan fingerprint density at radius 3 is 1.59 bits per heavy atom. The fourth-order valence-electron chi connectivity index (χ4n) is 2.70. The lowest BCUT2D eigenvalue weighted by Crippen LogP contribution is -2.15. The van der Waals surface area contributed by atoms with Crippen LogP contribution in [0, 0.1) is 5.41 Å². The van der Waals surface area contributed by atoms with Crippen LogP contribution in [-0.2, 0) is 0 Å². The van der Waals surface area contributed by atoms with Crippen molar-refractivity contribution in [2.45, 2.75) is 0 Å². The molecule has 0 atom stereocenters. The van der Waals surface area contributed by atoms with Gasteiger partial charge in [0.05, 0.1) is 53.9 Å². The third kappa shape index (κ3) is 3.79. The predicted octanol–water partition coefficient (Wildman–Crippen LogP) is 3.18. The Balaban J connectivity index is 2.47. The Hall–Kier alpha value is -3.29. The maximum Gasteiger partial charge on any atom is 0.205 e. The maximum atomic E-state index is 8.49. The molecular weight excluding hydrogens is 352 g/mol. The van der Waals surface area contributed by atoms with Gasteiger partial charge in [0.25, 0.3) is 0 Å². The van der Waals surface area contributed by atoms with E-state index in [0.717, 1.165) is 0 Å². The number of hydrogen-bond acceptors (Lipinski definition) is 7. The third-order valence-electron chi connectivity index (χ3n) is 3.94. The van der Waals surface area contributed by atoms with Crippen LogP contribution >= 0.6 is 0 Å². The molecule has 0 unspecified atom stereocenters. The largest absolute Gasteiger partial charge is 0.493 e. The van der Waals surface area contributed by atoms with E-state index in [-0.39, 0.29) is 5.84 Å². The number of methoxy groups -OCH3 is 6. The highest BCUT2D eigenvalue weighted by molar-refractivity contribution is 6.09. The standard InChI is InChI=1S/C19H24N2O6/c1-22-13-9-7-11(15(24-3)17(13)26-5)19(20)21-12-8-10-14(23-2)18(27-6)16(12)25-4/h7-10H,1-6H3,(H2,20,21). The van der Waals surface area contributed by atoms with Crippen LogP contribution in [0.15, 0.2) is 24.3 Å². The highest BCUT2D eigenvalue weighted by Gasteiger charge is 2.21. The van der Waals surface area contributed by atoms with Gasteiger partial charge in [0, 0.05) is 0 Å². The number of hydrogen-bond donors (Lipinski definition) is 2. The van der Waals surface area contributed by atoms with E-state index in [0.29, 0.717) is 45.7 Å². The fourth-order valence-corrected chi connectivity index (χ4v) is 2.70. The molecule has 0 radical (unpaired) electrons. The van der Waals surface area contributed by atoms with Gasteiger partial charge in [0.15, 0.2) is 23.0 Å². The molecule has 8 heteroatoms. The van der Waals surface area contributed by atoms with Gasteiger partial charge in [-0.25, -0.2) is 0 Å². The fraction of sp³-hybridized carbons (Fsp3) is 0.316. The monoisotopic (exact) mass is 376 g/mol. The minimum Gasteiger partial charge on any atom is -0.493 e. The molecule has 2 aromatic rings. The minimum absolute atomic E-state index is 0.0818. The van der Waals surface area contributed by atoms with Crippen LogP contribution in [0.1, 0.15) is 5.56 Å². The van der Waals surface area contributed by atoms with E-state index in [9.17, 15) is 0 Å². The molecule has 0 saturated carbocycles. The molecule has 0 spiro atoms. The van der Waals surface area contributed by atoms with E-state index >= 15 is 0 Å². The summed E-state index contributed by atoms with van der Waals surface area (Å²) in [5.74, 6) is 2.75. The van der Waals surface area contributed by atoms with Crippen LogP contribution in [-0.4, -0.2) is 48.5 Å². The van der Waals surface area contributed by atoms with Crippen molar-refractivity contribution >= 4 is 11.5 Å². The summed E-state index contributed by atoms with van der Waals surface area (Å²) in [6, 6.07) is 6.88. The molecule has 0 aliphatic rings. The predicted molar refractivity (Wildman–Crippen MR) is 103 cm³/mol. The zero-order valence-corrected chi connectivity index (χ0v) is 16.3. The Morgan fingerprint density at radius 1 is 0.630 bits per heavy atom. The number of ether oxygens (including phenoxy) is 6. The first-order valence-electron chi connectivity index (χ1n) is 8.00. The zero-order valence-electron chi connectivity index (χ0n) is 16.3. The topological polar surface area (TPSA) is 91.3 Å². The summed E-state index contributed by atoms with van der Waals surface area (Å²) in [5, 5.41) is 11.5. The highest BCUT2D eigenvalue weighted by Crippen LogP contribution is 2.44. The molecule has 146 valence electrons. The number of benzene rings is 2. The van der Waals surface area contributed by atoms with Crippen molar-refractivity contribution in [1.29, 1.82) is 5.41 Å². The summed E-state index contributed by atoms with van der Waals surface area (Å²) >= 11 is 0. The molecule has 8 nitrogen and oxygen atoms in total. The van der Waals surface area contributed by atoms with Gasteiger partial charge in [0.1, 0.15) is 5.84 Å². The number of anilines is 1. The highest BCUT2D eigenvalue weighted by atomic mass is 16.5. The number of rotatable bonds is 8. The molecule has 0 amide bonds. The van der Waals surface area contributed by atoms with Crippen LogP contribution in [0.5, 0.6) is 34.5 Å². The molecule has 0 bridgehead atoms. The molecule has 0 aliphatic heterocycles. The lowest BCUT2D eigenvalue weighted by atomic mass is 10.1. The summed E-state index contributed by atoms with van der Waals surface area (Å²) in [7, 11) is 9.13. The summed E-state index contributed by atoms with van der Waals surface area (Å²) in [6.45, 7) is 0. The lowest BCUT2D eigenvalue weighted by molar-refractivity contribution is 0.324. The smallest absolute Gasteiger partial charge is 0.205 e. The molecule has 0 heterocycles. The van der Waals surface area contributed by atoms with Gasteiger partial charge in [-0.2, -0.15) is 0 Å². The van der Waals surface area contributed by atoms with Gasteiger partial charge in [-0.3, -0.25) is 5.41 Å². The summed E-state index contributed by atoms with van der Waals surface area (Å²) in [4.78, 5) is 0. The molecule has 0 fully saturated rings. The molecule has 0 aromatic heterocycles. The maximum absolute atomic E-state index is 8.49. The molecule has 0 aliphatic carbocycles. The van der Waals surface area contributed by atoms with Gasteiger partial charge in [-0.05, 0) is 24.3 Å². The van der Waals surface area contributed by atoms with E-state index in [4.69, 9.17) is 33.8 Å². The Bertz CT molecular complexity index is 822. The van der Waals surface area contributed by atoms with Crippen molar-refractivity contribution in [3.05, 3.63) is 29.8 Å². The second-order valence-corrected chi connectivity index (χ2v) is 5.26. The Labute approximate surface area is 158 Å².